The molecule has 1 aromatic rings. The van der Waals surface area contributed by atoms with Crippen molar-refractivity contribution in [3.8, 4) is 0 Å². The van der Waals surface area contributed by atoms with Gasteiger partial charge in [0.25, 0.3) is 5.91 Å². The van der Waals surface area contributed by atoms with Crippen LogP contribution in [-0.4, -0.2) is 34.2 Å². The number of pyridine rings is 1. The van der Waals surface area contributed by atoms with E-state index in [-0.39, 0.29) is 17.7 Å². The number of aromatic nitrogens is 1. The van der Waals surface area contributed by atoms with Crippen LogP contribution in [0.5, 0.6) is 0 Å². The molecule has 0 bridgehead atoms. The molecule has 0 spiro atoms. The van der Waals surface area contributed by atoms with Gasteiger partial charge in [-0.15, -0.1) is 0 Å². The highest BCUT2D eigenvalue weighted by Gasteiger charge is 2.33. The number of carbonyl (C=O) groups is 2. The van der Waals surface area contributed by atoms with E-state index in [1.54, 1.807) is 29.3 Å². The van der Waals surface area contributed by atoms with Gasteiger partial charge < -0.3 is 4.90 Å². The molecule has 0 aliphatic carbocycles. The quantitative estimate of drug-likeness (QED) is 0.796. The highest BCUT2D eigenvalue weighted by atomic mass is 16.2. The van der Waals surface area contributed by atoms with E-state index in [1.807, 2.05) is 6.92 Å². The third kappa shape index (κ3) is 2.35. The van der Waals surface area contributed by atoms with Gasteiger partial charge >= 0.3 is 0 Å². The van der Waals surface area contributed by atoms with Gasteiger partial charge in [-0.05, 0) is 25.0 Å². The SMILES string of the molecule is CCC(=O)[C@@H]1CCCN1C(=O)c1ccccn1. The molecular formula is C13H16N2O2. The number of hydrogen-bond acceptors (Lipinski definition) is 3. The Morgan fingerprint density at radius 1 is 1.47 bits per heavy atom. The van der Waals surface area contributed by atoms with Crippen LogP contribution >= 0.6 is 0 Å². The van der Waals surface area contributed by atoms with Crippen LogP contribution in [0.1, 0.15) is 36.7 Å². The van der Waals surface area contributed by atoms with Crippen LogP contribution in [0.2, 0.25) is 0 Å². The predicted octanol–water partition coefficient (Wildman–Crippen LogP) is 1.67. The Kier molecular flexibility index (Phi) is 3.52. The summed E-state index contributed by atoms with van der Waals surface area (Å²) in [6.07, 6.45) is 3.76. The summed E-state index contributed by atoms with van der Waals surface area (Å²) in [5.41, 5.74) is 0.420. The van der Waals surface area contributed by atoms with Crippen molar-refractivity contribution in [2.24, 2.45) is 0 Å². The summed E-state index contributed by atoms with van der Waals surface area (Å²) in [7, 11) is 0. The normalized spacial score (nSPS) is 19.4. The number of nitrogens with zero attached hydrogens (tertiary/aromatic N) is 2. The van der Waals surface area contributed by atoms with E-state index in [9.17, 15) is 9.59 Å². The molecular weight excluding hydrogens is 216 g/mol. The van der Waals surface area contributed by atoms with Gasteiger partial charge in [0.1, 0.15) is 5.69 Å². The fourth-order valence-corrected chi connectivity index (χ4v) is 2.22. The molecule has 1 fully saturated rings. The van der Waals surface area contributed by atoms with Crippen LogP contribution < -0.4 is 0 Å². The lowest BCUT2D eigenvalue weighted by Gasteiger charge is -2.22. The molecule has 0 aromatic carbocycles. The Balaban J connectivity index is 2.17. The molecule has 1 saturated heterocycles. The van der Waals surface area contributed by atoms with Crippen molar-refractivity contribution < 1.29 is 9.59 Å². The fourth-order valence-electron chi connectivity index (χ4n) is 2.22. The minimum atomic E-state index is -0.241. The minimum Gasteiger partial charge on any atom is -0.327 e. The highest BCUT2D eigenvalue weighted by Crippen LogP contribution is 2.21. The van der Waals surface area contributed by atoms with E-state index >= 15 is 0 Å². The molecule has 1 aliphatic heterocycles. The molecule has 0 N–H and O–H groups in total. The second-order valence-electron chi connectivity index (χ2n) is 4.19. The summed E-state index contributed by atoms with van der Waals surface area (Å²) in [6.45, 7) is 2.50. The first-order valence-electron chi connectivity index (χ1n) is 5.98. The average molecular weight is 232 g/mol. The fraction of sp³-hybridized carbons (Fsp3) is 0.462. The predicted molar refractivity (Wildman–Crippen MR) is 63.6 cm³/mol. The summed E-state index contributed by atoms with van der Waals surface area (Å²) in [4.78, 5) is 29.6. The number of hydrogen-bond donors (Lipinski definition) is 0. The summed E-state index contributed by atoms with van der Waals surface area (Å²) in [5, 5.41) is 0. The molecule has 0 saturated carbocycles. The average Bonchev–Trinajstić information content (AvgIpc) is 2.87. The summed E-state index contributed by atoms with van der Waals surface area (Å²) < 4.78 is 0. The van der Waals surface area contributed by atoms with Crippen molar-refractivity contribution in [3.63, 3.8) is 0 Å². The molecule has 0 unspecified atom stereocenters. The zero-order chi connectivity index (χ0) is 12.3. The molecule has 1 aliphatic rings. The van der Waals surface area contributed by atoms with Gasteiger partial charge in [0.2, 0.25) is 0 Å². The second-order valence-corrected chi connectivity index (χ2v) is 4.19. The third-order valence-electron chi connectivity index (χ3n) is 3.12. The molecule has 2 rings (SSSR count). The molecule has 1 aromatic heterocycles. The Hall–Kier alpha value is -1.71. The molecule has 1 atom stereocenters. The Labute approximate surface area is 101 Å². The third-order valence-corrected chi connectivity index (χ3v) is 3.12. The summed E-state index contributed by atoms with van der Waals surface area (Å²) in [6, 6.07) is 5.01. The van der Waals surface area contributed by atoms with Crippen molar-refractivity contribution in [1.29, 1.82) is 0 Å². The van der Waals surface area contributed by atoms with E-state index < -0.39 is 0 Å². The largest absolute Gasteiger partial charge is 0.327 e. The molecule has 4 heteroatoms. The maximum Gasteiger partial charge on any atom is 0.273 e. The van der Waals surface area contributed by atoms with Crippen LogP contribution in [0.3, 0.4) is 0 Å². The van der Waals surface area contributed by atoms with Gasteiger partial charge in [-0.1, -0.05) is 13.0 Å². The Bertz CT molecular complexity index is 417. The van der Waals surface area contributed by atoms with Gasteiger partial charge in [0.15, 0.2) is 5.78 Å². The van der Waals surface area contributed by atoms with Crippen molar-refractivity contribution in [1.82, 2.24) is 9.88 Å². The Morgan fingerprint density at radius 3 is 2.94 bits per heavy atom. The molecule has 90 valence electrons. The van der Waals surface area contributed by atoms with Crippen LogP contribution in [-0.2, 0) is 4.79 Å². The van der Waals surface area contributed by atoms with Crippen LogP contribution in [0.4, 0.5) is 0 Å². The van der Waals surface area contributed by atoms with Gasteiger partial charge in [-0.3, -0.25) is 14.6 Å². The Morgan fingerprint density at radius 2 is 2.29 bits per heavy atom. The molecule has 1 amide bonds. The molecule has 0 radical (unpaired) electrons. The van der Waals surface area contributed by atoms with Crippen molar-refractivity contribution in [3.05, 3.63) is 30.1 Å². The smallest absolute Gasteiger partial charge is 0.273 e. The highest BCUT2D eigenvalue weighted by molar-refractivity contribution is 5.96. The summed E-state index contributed by atoms with van der Waals surface area (Å²) in [5.74, 6) is 0.0154. The van der Waals surface area contributed by atoms with Crippen LogP contribution in [0.25, 0.3) is 0 Å². The monoisotopic (exact) mass is 232 g/mol. The van der Waals surface area contributed by atoms with E-state index in [2.05, 4.69) is 4.98 Å². The lowest BCUT2D eigenvalue weighted by atomic mass is 10.1. The van der Waals surface area contributed by atoms with Gasteiger partial charge in [0, 0.05) is 19.2 Å². The van der Waals surface area contributed by atoms with E-state index in [0.717, 1.165) is 12.8 Å². The number of Topliss-reactive ketones (excluding diaryl/α,β-unsaturated/α-hetero) is 1. The van der Waals surface area contributed by atoms with Crippen molar-refractivity contribution in [2.45, 2.75) is 32.2 Å². The minimum absolute atomic E-state index is 0.130. The number of ketones is 1. The second kappa shape index (κ2) is 5.08. The standard InChI is InChI=1S/C13H16N2O2/c1-2-12(16)11-7-5-9-15(11)13(17)10-6-3-4-8-14-10/h3-4,6,8,11H,2,5,7,9H2,1H3/t11-/m0/s1. The van der Waals surface area contributed by atoms with E-state index in [4.69, 9.17) is 0 Å². The number of carbonyl (C=O) groups excluding carboxylic acids is 2. The van der Waals surface area contributed by atoms with Crippen molar-refractivity contribution in [2.75, 3.05) is 6.54 Å². The van der Waals surface area contributed by atoms with E-state index in [1.165, 1.54) is 0 Å². The maximum absolute atomic E-state index is 12.2. The van der Waals surface area contributed by atoms with Crippen molar-refractivity contribution >= 4 is 11.7 Å². The van der Waals surface area contributed by atoms with Gasteiger partial charge in [-0.2, -0.15) is 0 Å². The maximum atomic E-state index is 12.2. The van der Waals surface area contributed by atoms with Gasteiger partial charge in [0.05, 0.1) is 6.04 Å². The lowest BCUT2D eigenvalue weighted by molar-refractivity contribution is -0.122. The zero-order valence-corrected chi connectivity index (χ0v) is 9.93. The first kappa shape index (κ1) is 11.8. The lowest BCUT2D eigenvalue weighted by Crippen LogP contribution is -2.40. The first-order chi connectivity index (χ1) is 8.24. The zero-order valence-electron chi connectivity index (χ0n) is 9.93. The molecule has 17 heavy (non-hydrogen) atoms. The molecule has 4 nitrogen and oxygen atoms in total. The molecule has 2 heterocycles. The number of likely N-dealkylation sites (tertiary alicyclic amines) is 1. The number of rotatable bonds is 3. The summed E-state index contributed by atoms with van der Waals surface area (Å²) >= 11 is 0. The topological polar surface area (TPSA) is 50.3 Å². The van der Waals surface area contributed by atoms with Gasteiger partial charge in [-0.25, -0.2) is 0 Å². The van der Waals surface area contributed by atoms with Crippen LogP contribution in [0.15, 0.2) is 24.4 Å². The number of amides is 1. The van der Waals surface area contributed by atoms with Crippen LogP contribution in [0, 0.1) is 0 Å². The van der Waals surface area contributed by atoms with E-state index in [0.29, 0.717) is 18.7 Å². The first-order valence-corrected chi connectivity index (χ1v) is 5.98.